The number of sulfone groups is 1. The van der Waals surface area contributed by atoms with Gasteiger partial charge in [-0.2, -0.15) is 26.3 Å². The Balaban J connectivity index is 2.29. The van der Waals surface area contributed by atoms with Crippen molar-refractivity contribution in [2.75, 3.05) is 17.8 Å². The first-order chi connectivity index (χ1) is 15.1. The number of carbonyl (C=O) groups is 1. The van der Waals surface area contributed by atoms with E-state index in [4.69, 9.17) is 0 Å². The first-order valence-electron chi connectivity index (χ1n) is 9.32. The smallest absolute Gasteiger partial charge is 0.420 e. The molecule has 1 amide bonds. The average molecular weight is 499 g/mol. The molecule has 0 radical (unpaired) electrons. The lowest BCUT2D eigenvalue weighted by Gasteiger charge is -2.26. The van der Waals surface area contributed by atoms with Gasteiger partial charge in [0.15, 0.2) is 9.84 Å². The van der Waals surface area contributed by atoms with Crippen LogP contribution in [-0.4, -0.2) is 33.4 Å². The van der Waals surface area contributed by atoms with Gasteiger partial charge in [0.05, 0.1) is 34.9 Å². The molecule has 1 unspecified atom stereocenters. The number of alkyl halides is 6. The Hall–Kier alpha value is -2.83. The van der Waals surface area contributed by atoms with Gasteiger partial charge in [-0.1, -0.05) is 0 Å². The highest BCUT2D eigenvalue weighted by Crippen LogP contribution is 2.46. The van der Waals surface area contributed by atoms with E-state index in [1.807, 2.05) is 0 Å². The Kier molecular flexibility index (Phi) is 6.39. The first-order valence-corrected chi connectivity index (χ1v) is 11.0. The van der Waals surface area contributed by atoms with Crippen LogP contribution in [0, 0.1) is 11.7 Å². The molecule has 0 aromatic heterocycles. The highest BCUT2D eigenvalue weighted by atomic mass is 32.2. The number of halogens is 7. The van der Waals surface area contributed by atoms with Crippen LogP contribution in [0.4, 0.5) is 42.1 Å². The molecule has 0 saturated carbocycles. The minimum Gasteiger partial charge on any atom is -0.496 e. The van der Waals surface area contributed by atoms with Crippen molar-refractivity contribution in [3.63, 3.8) is 0 Å². The van der Waals surface area contributed by atoms with Gasteiger partial charge in [-0.05, 0) is 36.8 Å². The molecular weight excluding hydrogens is 483 g/mol. The zero-order valence-electron chi connectivity index (χ0n) is 16.8. The summed E-state index contributed by atoms with van der Waals surface area (Å²) >= 11 is 0. The number of fused-ring (bicyclic) bond motifs is 1. The van der Waals surface area contributed by atoms with E-state index in [0.29, 0.717) is 17.0 Å². The van der Waals surface area contributed by atoms with Gasteiger partial charge < -0.3 is 4.74 Å². The second-order valence-corrected chi connectivity index (χ2v) is 9.30. The van der Waals surface area contributed by atoms with Gasteiger partial charge >= 0.3 is 12.4 Å². The Bertz CT molecular complexity index is 1160. The van der Waals surface area contributed by atoms with Crippen molar-refractivity contribution >= 4 is 27.1 Å². The van der Waals surface area contributed by atoms with Crippen LogP contribution in [-0.2, 0) is 20.8 Å². The number of benzene rings is 2. The predicted molar refractivity (Wildman–Crippen MR) is 102 cm³/mol. The molecule has 0 spiro atoms. The maximum absolute atomic E-state index is 13.6. The van der Waals surface area contributed by atoms with Crippen molar-refractivity contribution in [2.45, 2.75) is 30.1 Å². The van der Waals surface area contributed by atoms with Gasteiger partial charge in [-0.15, -0.1) is 0 Å². The largest absolute Gasteiger partial charge is 0.496 e. The van der Waals surface area contributed by atoms with Crippen molar-refractivity contribution in [3.05, 3.63) is 47.8 Å². The second kappa shape index (κ2) is 8.50. The van der Waals surface area contributed by atoms with Crippen LogP contribution in [0.15, 0.2) is 41.3 Å². The molecule has 0 N–H and O–H groups in total. The number of ether oxygens (including phenoxy) is 1. The SMILES string of the molecule is COc1cc2c(cc1C(F)(F)F)N(c1ccc(F)cc1)C(=O)C(CCC(F)(F)F)CS2(=O)=O. The molecule has 180 valence electrons. The lowest BCUT2D eigenvalue weighted by molar-refractivity contribution is -0.140. The fraction of sp³-hybridized carbons (Fsp3) is 0.350. The predicted octanol–water partition coefficient (Wildman–Crippen LogP) is 5.26. The number of amides is 1. The van der Waals surface area contributed by atoms with Crippen LogP contribution in [0.5, 0.6) is 5.75 Å². The van der Waals surface area contributed by atoms with Crippen molar-refractivity contribution in [3.8, 4) is 5.75 Å². The van der Waals surface area contributed by atoms with E-state index in [-0.39, 0.29) is 5.69 Å². The molecule has 1 aliphatic heterocycles. The van der Waals surface area contributed by atoms with Gasteiger partial charge in [0.2, 0.25) is 5.91 Å². The van der Waals surface area contributed by atoms with Crippen molar-refractivity contribution < 1.29 is 48.7 Å². The highest BCUT2D eigenvalue weighted by molar-refractivity contribution is 7.91. The van der Waals surface area contributed by atoms with Gasteiger partial charge in [0, 0.05) is 18.2 Å². The lowest BCUT2D eigenvalue weighted by atomic mass is 10.0. The summed E-state index contributed by atoms with van der Waals surface area (Å²) in [6, 6.07) is 4.74. The fourth-order valence-corrected chi connectivity index (χ4v) is 5.27. The van der Waals surface area contributed by atoms with Crippen molar-refractivity contribution in [1.82, 2.24) is 0 Å². The van der Waals surface area contributed by atoms with Crippen LogP contribution >= 0.6 is 0 Å². The monoisotopic (exact) mass is 499 g/mol. The average Bonchev–Trinajstić information content (AvgIpc) is 2.78. The standard InChI is InChI=1S/C20H16F7NO4S/c1-32-16-9-17-15(8-14(16)20(25,26)27)28(13-4-2-12(21)3-5-13)18(29)11(10-33(17,30)31)6-7-19(22,23)24/h2-5,8-9,11H,6-7,10H2,1H3. The topological polar surface area (TPSA) is 63.7 Å². The van der Waals surface area contributed by atoms with Crippen LogP contribution < -0.4 is 9.64 Å². The van der Waals surface area contributed by atoms with E-state index >= 15 is 0 Å². The number of nitrogens with zero attached hydrogens (tertiary/aromatic N) is 1. The normalized spacial score (nSPS) is 18.6. The molecule has 0 aliphatic carbocycles. The summed E-state index contributed by atoms with van der Waals surface area (Å²) in [5.74, 6) is -5.53. The van der Waals surface area contributed by atoms with Gasteiger partial charge in [-0.3, -0.25) is 9.69 Å². The minimum absolute atomic E-state index is 0.213. The summed E-state index contributed by atoms with van der Waals surface area (Å²) in [4.78, 5) is 13.1. The lowest BCUT2D eigenvalue weighted by Crippen LogP contribution is -2.34. The molecule has 1 heterocycles. The second-order valence-electron chi connectivity index (χ2n) is 7.30. The van der Waals surface area contributed by atoms with Crippen LogP contribution in [0.25, 0.3) is 0 Å². The third kappa shape index (κ3) is 5.23. The Morgan fingerprint density at radius 2 is 1.67 bits per heavy atom. The molecule has 0 saturated heterocycles. The highest BCUT2D eigenvalue weighted by Gasteiger charge is 2.43. The van der Waals surface area contributed by atoms with Crippen molar-refractivity contribution in [1.29, 1.82) is 0 Å². The molecule has 5 nitrogen and oxygen atoms in total. The van der Waals surface area contributed by atoms with E-state index in [2.05, 4.69) is 4.74 Å². The summed E-state index contributed by atoms with van der Waals surface area (Å²) in [6.07, 6.45) is -12.1. The zero-order chi connectivity index (χ0) is 24.8. The molecule has 1 aliphatic rings. The Morgan fingerprint density at radius 3 is 2.18 bits per heavy atom. The Morgan fingerprint density at radius 1 is 1.06 bits per heavy atom. The molecular formula is C20H16F7NO4S. The van der Waals surface area contributed by atoms with Gasteiger partial charge in [-0.25, -0.2) is 12.8 Å². The van der Waals surface area contributed by atoms with E-state index in [9.17, 15) is 43.9 Å². The van der Waals surface area contributed by atoms with Crippen LogP contribution in [0.2, 0.25) is 0 Å². The van der Waals surface area contributed by atoms with Crippen LogP contribution in [0.3, 0.4) is 0 Å². The number of hydrogen-bond donors (Lipinski definition) is 0. The van der Waals surface area contributed by atoms with E-state index in [1.54, 1.807) is 0 Å². The number of hydrogen-bond acceptors (Lipinski definition) is 4. The molecule has 2 aromatic rings. The third-order valence-electron chi connectivity index (χ3n) is 5.01. The maximum atomic E-state index is 13.6. The zero-order valence-corrected chi connectivity index (χ0v) is 17.6. The van der Waals surface area contributed by atoms with E-state index < -0.39 is 80.3 Å². The summed E-state index contributed by atoms with van der Waals surface area (Å²) in [7, 11) is -3.64. The molecule has 3 rings (SSSR count). The summed E-state index contributed by atoms with van der Waals surface area (Å²) in [5.41, 5.74) is -2.32. The molecule has 33 heavy (non-hydrogen) atoms. The number of rotatable bonds is 4. The molecule has 0 bridgehead atoms. The van der Waals surface area contributed by atoms with Gasteiger partial charge in [0.1, 0.15) is 11.6 Å². The first kappa shape index (κ1) is 24.8. The Labute approximate surface area is 183 Å². The molecule has 1 atom stereocenters. The summed E-state index contributed by atoms with van der Waals surface area (Å²) < 4.78 is 123. The molecule has 13 heteroatoms. The van der Waals surface area contributed by atoms with Crippen molar-refractivity contribution in [2.24, 2.45) is 5.92 Å². The third-order valence-corrected chi connectivity index (χ3v) is 6.85. The van der Waals surface area contributed by atoms with E-state index in [1.165, 1.54) is 0 Å². The summed E-state index contributed by atoms with van der Waals surface area (Å²) in [5, 5.41) is 0. The molecule has 0 fully saturated rings. The quantitative estimate of drug-likeness (QED) is 0.539. The summed E-state index contributed by atoms with van der Waals surface area (Å²) in [6.45, 7) is 0. The number of carbonyl (C=O) groups excluding carboxylic acids is 1. The number of anilines is 2. The minimum atomic E-state index is -5.01. The fourth-order valence-electron chi connectivity index (χ4n) is 3.49. The van der Waals surface area contributed by atoms with Gasteiger partial charge in [0.25, 0.3) is 0 Å². The number of methoxy groups -OCH3 is 1. The molecule has 2 aromatic carbocycles. The van der Waals surface area contributed by atoms with E-state index in [0.717, 1.165) is 31.4 Å². The van der Waals surface area contributed by atoms with Crippen LogP contribution in [0.1, 0.15) is 18.4 Å². The maximum Gasteiger partial charge on any atom is 0.420 e.